The fourth-order valence-corrected chi connectivity index (χ4v) is 2.39. The van der Waals surface area contributed by atoms with E-state index in [9.17, 15) is 9.59 Å². The first kappa shape index (κ1) is 15.5. The third-order valence-electron chi connectivity index (χ3n) is 3.37. The predicted molar refractivity (Wildman–Crippen MR) is 70.8 cm³/mol. The number of nitrogens with one attached hydrogen (secondary N) is 1. The molecule has 0 aromatic carbocycles. The molecule has 1 rings (SSSR count). The minimum Gasteiger partial charge on any atom is -0.480 e. The number of aliphatic hydroxyl groups is 1. The maximum absolute atomic E-state index is 12.1. The van der Waals surface area contributed by atoms with Gasteiger partial charge in [-0.2, -0.15) is 0 Å². The largest absolute Gasteiger partial charge is 0.480 e. The van der Waals surface area contributed by atoms with Gasteiger partial charge in [-0.05, 0) is 19.3 Å². The van der Waals surface area contributed by atoms with Gasteiger partial charge < -0.3 is 20.4 Å². The van der Waals surface area contributed by atoms with Crippen molar-refractivity contribution in [3.05, 3.63) is 12.7 Å². The van der Waals surface area contributed by atoms with E-state index in [1.807, 2.05) is 0 Å². The Bertz CT molecular complexity index is 327. The smallest absolute Gasteiger partial charge is 0.326 e. The normalized spacial score (nSPS) is 16.9. The molecule has 0 radical (unpaired) electrons. The van der Waals surface area contributed by atoms with Crippen molar-refractivity contribution < 1.29 is 19.8 Å². The molecule has 1 fully saturated rings. The number of urea groups is 1. The molecule has 1 aliphatic rings. The van der Waals surface area contributed by atoms with Gasteiger partial charge in [-0.1, -0.05) is 18.9 Å². The summed E-state index contributed by atoms with van der Waals surface area (Å²) in [7, 11) is 0. The number of hydrogen-bond acceptors (Lipinski definition) is 3. The van der Waals surface area contributed by atoms with Gasteiger partial charge in [0.05, 0.1) is 6.61 Å². The summed E-state index contributed by atoms with van der Waals surface area (Å²) in [6.07, 6.45) is 5.59. The molecule has 0 spiro atoms. The van der Waals surface area contributed by atoms with Crippen LogP contribution in [0.3, 0.4) is 0 Å². The standard InChI is InChI=1S/C13H22N2O4/c1-2-5-11(12(17)18)14-13(19)15(8-9-16)10-6-3-4-7-10/h2,10-11,16H,1,3-9H2,(H,14,19)(H,17,18). The van der Waals surface area contributed by atoms with E-state index in [0.29, 0.717) is 0 Å². The van der Waals surface area contributed by atoms with Crippen molar-refractivity contribution >= 4 is 12.0 Å². The molecule has 19 heavy (non-hydrogen) atoms. The molecule has 108 valence electrons. The summed E-state index contributed by atoms with van der Waals surface area (Å²) >= 11 is 0. The molecule has 0 aromatic heterocycles. The van der Waals surface area contributed by atoms with Gasteiger partial charge in [-0.3, -0.25) is 0 Å². The van der Waals surface area contributed by atoms with Crippen LogP contribution in [0.2, 0.25) is 0 Å². The van der Waals surface area contributed by atoms with E-state index in [1.165, 1.54) is 6.08 Å². The molecular weight excluding hydrogens is 248 g/mol. The lowest BCUT2D eigenvalue weighted by molar-refractivity contribution is -0.139. The van der Waals surface area contributed by atoms with Crippen molar-refractivity contribution in [2.45, 2.75) is 44.2 Å². The Hall–Kier alpha value is -1.56. The highest BCUT2D eigenvalue weighted by Gasteiger charge is 2.28. The molecule has 1 saturated carbocycles. The quantitative estimate of drug-likeness (QED) is 0.601. The van der Waals surface area contributed by atoms with Gasteiger partial charge >= 0.3 is 12.0 Å². The lowest BCUT2D eigenvalue weighted by Crippen LogP contribution is -2.51. The molecule has 0 heterocycles. The van der Waals surface area contributed by atoms with Gasteiger partial charge in [0.1, 0.15) is 6.04 Å². The highest BCUT2D eigenvalue weighted by molar-refractivity contribution is 5.82. The van der Waals surface area contributed by atoms with E-state index < -0.39 is 18.0 Å². The number of carboxylic acid groups (broad SMARTS) is 1. The topological polar surface area (TPSA) is 89.9 Å². The van der Waals surface area contributed by atoms with Crippen molar-refractivity contribution in [2.75, 3.05) is 13.2 Å². The summed E-state index contributed by atoms with van der Waals surface area (Å²) in [6.45, 7) is 3.59. The Morgan fingerprint density at radius 2 is 2.05 bits per heavy atom. The zero-order valence-electron chi connectivity index (χ0n) is 11.0. The number of nitrogens with zero attached hydrogens (tertiary/aromatic N) is 1. The number of amides is 2. The molecule has 6 heteroatoms. The predicted octanol–water partition coefficient (Wildman–Crippen LogP) is 0.962. The molecule has 0 bridgehead atoms. The lowest BCUT2D eigenvalue weighted by Gasteiger charge is -2.29. The SMILES string of the molecule is C=CCC(NC(=O)N(CCO)C1CCCC1)C(=O)O. The minimum absolute atomic E-state index is 0.102. The zero-order valence-corrected chi connectivity index (χ0v) is 11.0. The van der Waals surface area contributed by atoms with Crippen LogP contribution in [-0.4, -0.2) is 52.3 Å². The van der Waals surface area contributed by atoms with Crippen molar-refractivity contribution in [3.8, 4) is 0 Å². The molecule has 0 aliphatic heterocycles. The maximum atomic E-state index is 12.1. The van der Waals surface area contributed by atoms with Gasteiger partial charge in [0.15, 0.2) is 0 Å². The Kier molecular flexibility index (Phi) is 6.35. The van der Waals surface area contributed by atoms with E-state index in [0.717, 1.165) is 25.7 Å². The number of carbonyl (C=O) groups excluding carboxylic acids is 1. The van der Waals surface area contributed by atoms with Crippen molar-refractivity contribution in [2.24, 2.45) is 0 Å². The molecule has 0 saturated heterocycles. The van der Waals surface area contributed by atoms with Crippen LogP contribution in [0.5, 0.6) is 0 Å². The second kappa shape index (κ2) is 7.78. The third-order valence-corrected chi connectivity index (χ3v) is 3.37. The van der Waals surface area contributed by atoms with Gasteiger partial charge in [-0.25, -0.2) is 9.59 Å². The Balaban J connectivity index is 2.64. The fourth-order valence-electron chi connectivity index (χ4n) is 2.39. The summed E-state index contributed by atoms with van der Waals surface area (Å²) in [5, 5.41) is 20.5. The van der Waals surface area contributed by atoms with Gasteiger partial charge in [0, 0.05) is 12.6 Å². The van der Waals surface area contributed by atoms with Crippen molar-refractivity contribution in [1.29, 1.82) is 0 Å². The van der Waals surface area contributed by atoms with Crippen LogP contribution in [0.4, 0.5) is 4.79 Å². The zero-order chi connectivity index (χ0) is 14.3. The molecule has 1 atom stereocenters. The number of carbonyl (C=O) groups is 2. The molecular formula is C13H22N2O4. The lowest BCUT2D eigenvalue weighted by atomic mass is 10.2. The molecule has 6 nitrogen and oxygen atoms in total. The maximum Gasteiger partial charge on any atom is 0.326 e. The van der Waals surface area contributed by atoms with Crippen LogP contribution >= 0.6 is 0 Å². The van der Waals surface area contributed by atoms with Crippen molar-refractivity contribution in [1.82, 2.24) is 10.2 Å². The number of aliphatic hydroxyl groups excluding tert-OH is 1. The van der Waals surface area contributed by atoms with Crippen LogP contribution in [-0.2, 0) is 4.79 Å². The van der Waals surface area contributed by atoms with Gasteiger partial charge in [0.2, 0.25) is 0 Å². The first-order valence-electron chi connectivity index (χ1n) is 6.61. The molecule has 2 amide bonds. The van der Waals surface area contributed by atoms with Crippen LogP contribution in [0.15, 0.2) is 12.7 Å². The highest BCUT2D eigenvalue weighted by atomic mass is 16.4. The van der Waals surface area contributed by atoms with Crippen molar-refractivity contribution in [3.63, 3.8) is 0 Å². The number of aliphatic carboxylic acids is 1. The average Bonchev–Trinajstić information content (AvgIpc) is 2.88. The fraction of sp³-hybridized carbons (Fsp3) is 0.692. The first-order chi connectivity index (χ1) is 9.10. The van der Waals surface area contributed by atoms with Crippen LogP contribution in [0.25, 0.3) is 0 Å². The molecule has 1 aliphatic carbocycles. The number of carboxylic acids is 1. The van der Waals surface area contributed by atoms with Crippen LogP contribution < -0.4 is 5.32 Å². The monoisotopic (exact) mass is 270 g/mol. The van der Waals surface area contributed by atoms with E-state index >= 15 is 0 Å². The van der Waals surface area contributed by atoms with Gasteiger partial charge in [0.25, 0.3) is 0 Å². The Morgan fingerprint density at radius 3 is 2.53 bits per heavy atom. The van der Waals surface area contributed by atoms with Crippen LogP contribution in [0.1, 0.15) is 32.1 Å². The van der Waals surface area contributed by atoms with E-state index in [4.69, 9.17) is 10.2 Å². The second-order valence-corrected chi connectivity index (χ2v) is 4.72. The Morgan fingerprint density at radius 1 is 1.42 bits per heavy atom. The average molecular weight is 270 g/mol. The summed E-state index contributed by atoms with van der Waals surface area (Å²) in [6, 6.07) is -1.28. The summed E-state index contributed by atoms with van der Waals surface area (Å²) in [5.41, 5.74) is 0. The number of rotatable bonds is 7. The highest BCUT2D eigenvalue weighted by Crippen LogP contribution is 2.23. The number of hydrogen-bond donors (Lipinski definition) is 3. The second-order valence-electron chi connectivity index (χ2n) is 4.72. The third kappa shape index (κ3) is 4.55. The summed E-state index contributed by atoms with van der Waals surface area (Å²) in [4.78, 5) is 24.7. The summed E-state index contributed by atoms with van der Waals surface area (Å²) in [5.74, 6) is -1.08. The van der Waals surface area contributed by atoms with Crippen LogP contribution in [0, 0.1) is 0 Å². The van der Waals surface area contributed by atoms with E-state index in [1.54, 1.807) is 4.90 Å². The Labute approximate surface area is 113 Å². The van der Waals surface area contributed by atoms with E-state index in [-0.39, 0.29) is 25.6 Å². The summed E-state index contributed by atoms with van der Waals surface area (Å²) < 4.78 is 0. The molecule has 3 N–H and O–H groups in total. The van der Waals surface area contributed by atoms with E-state index in [2.05, 4.69) is 11.9 Å². The van der Waals surface area contributed by atoms with Gasteiger partial charge in [-0.15, -0.1) is 6.58 Å². The molecule has 0 aromatic rings. The first-order valence-corrected chi connectivity index (χ1v) is 6.61. The minimum atomic E-state index is -1.08. The molecule has 1 unspecified atom stereocenters.